The second-order valence-corrected chi connectivity index (χ2v) is 14.8. The lowest BCUT2D eigenvalue weighted by atomic mass is 9.88. The number of hydrogen-bond acceptors (Lipinski definition) is 10. The van der Waals surface area contributed by atoms with Gasteiger partial charge in [-0.15, -0.1) is 0 Å². The van der Waals surface area contributed by atoms with E-state index >= 15 is 0 Å². The molecule has 0 bridgehead atoms. The number of anilines is 1. The third-order valence-electron chi connectivity index (χ3n) is 11.1. The van der Waals surface area contributed by atoms with Gasteiger partial charge in [-0.05, 0) is 95.6 Å². The Bertz CT molecular complexity index is 2370. The van der Waals surface area contributed by atoms with Crippen LogP contribution >= 0.6 is 0 Å². The summed E-state index contributed by atoms with van der Waals surface area (Å²) in [7, 11) is 0. The molecule has 4 amide bonds. The Balaban J connectivity index is 0.811. The standard InChI is InChI=1S/C47H45N5O7/c1-2-38(31-7-4-3-5-8-31)44(32-9-14-35(53)15-10-32)33-11-16-36(17-12-33)59-43-22-13-34(30-48-43)51-26-24-50(25-27-51)23-6-28-58-37-18-19-39-40(29-37)47(57)52(46(39)56)41-20-21-42(54)49-45(41)55/h3-5,7-19,22,29-30,41,53H,2,6,20-21,23-28H2,1H3,(H,49,54,55). The summed E-state index contributed by atoms with van der Waals surface area (Å²) in [6.45, 7) is 6.94. The third kappa shape index (κ3) is 8.58. The molecule has 0 aliphatic carbocycles. The first kappa shape index (κ1) is 39.1. The van der Waals surface area contributed by atoms with Gasteiger partial charge in [-0.3, -0.25) is 34.3 Å². The molecule has 1 unspecified atom stereocenters. The number of aromatic nitrogens is 1. The highest BCUT2D eigenvalue weighted by molar-refractivity contribution is 6.23. The molecule has 3 aliphatic heterocycles. The number of phenols is 1. The number of phenolic OH excluding ortho intramolecular Hbond substituents is 1. The Kier molecular flexibility index (Phi) is 11.5. The second kappa shape index (κ2) is 17.4. The molecule has 2 N–H and O–H groups in total. The normalized spacial score (nSPS) is 17.4. The fourth-order valence-corrected chi connectivity index (χ4v) is 7.99. The van der Waals surface area contributed by atoms with Crippen LogP contribution in [0.1, 0.15) is 70.0 Å². The monoisotopic (exact) mass is 791 g/mol. The Labute approximate surface area is 342 Å². The van der Waals surface area contributed by atoms with Crippen molar-refractivity contribution in [3.05, 3.63) is 143 Å². The molecule has 2 fully saturated rings. The van der Waals surface area contributed by atoms with Crippen molar-refractivity contribution >= 4 is 40.5 Å². The van der Waals surface area contributed by atoms with Crippen molar-refractivity contribution in [1.82, 2.24) is 20.1 Å². The van der Waals surface area contributed by atoms with E-state index in [0.29, 0.717) is 24.0 Å². The molecule has 8 rings (SSSR count). The number of rotatable bonds is 13. The maximum atomic E-state index is 13.1. The first-order chi connectivity index (χ1) is 28.7. The molecule has 0 radical (unpaired) electrons. The molecule has 3 aliphatic rings. The van der Waals surface area contributed by atoms with Gasteiger partial charge >= 0.3 is 0 Å². The van der Waals surface area contributed by atoms with E-state index in [1.54, 1.807) is 30.3 Å². The Hall–Kier alpha value is -6.79. The lowest BCUT2D eigenvalue weighted by Gasteiger charge is -2.35. The number of carbonyl (C=O) groups excluding carboxylic acids is 4. The molecule has 4 heterocycles. The predicted octanol–water partition coefficient (Wildman–Crippen LogP) is 6.94. The summed E-state index contributed by atoms with van der Waals surface area (Å²) in [5, 5.41) is 12.2. The van der Waals surface area contributed by atoms with Crippen LogP contribution in [-0.2, 0) is 9.59 Å². The Morgan fingerprint density at radius 2 is 1.47 bits per heavy atom. The number of benzene rings is 4. The largest absolute Gasteiger partial charge is 0.508 e. The van der Waals surface area contributed by atoms with Crippen molar-refractivity contribution in [2.45, 2.75) is 38.6 Å². The first-order valence-corrected chi connectivity index (χ1v) is 20.0. The number of allylic oxidation sites excluding steroid dienone is 1. The number of aromatic hydroxyl groups is 1. The third-order valence-corrected chi connectivity index (χ3v) is 11.1. The summed E-state index contributed by atoms with van der Waals surface area (Å²) in [6, 6.07) is 33.5. The number of piperazine rings is 1. The fourth-order valence-electron chi connectivity index (χ4n) is 7.99. The first-order valence-electron chi connectivity index (χ1n) is 20.0. The highest BCUT2D eigenvalue weighted by Crippen LogP contribution is 2.36. The van der Waals surface area contributed by atoms with Crippen molar-refractivity contribution in [3.63, 3.8) is 0 Å². The summed E-state index contributed by atoms with van der Waals surface area (Å²) < 4.78 is 12.1. The molecule has 0 spiro atoms. The van der Waals surface area contributed by atoms with E-state index < -0.39 is 29.7 Å². The predicted molar refractivity (Wildman–Crippen MR) is 223 cm³/mol. The number of fused-ring (bicyclic) bond motifs is 1. The second-order valence-electron chi connectivity index (χ2n) is 14.8. The van der Waals surface area contributed by atoms with Gasteiger partial charge < -0.3 is 19.5 Å². The molecule has 5 aromatic rings. The molecule has 0 saturated carbocycles. The quantitative estimate of drug-likeness (QED) is 0.0732. The number of piperidine rings is 1. The summed E-state index contributed by atoms with van der Waals surface area (Å²) in [5.74, 6) is -0.211. The van der Waals surface area contributed by atoms with E-state index in [4.69, 9.17) is 9.47 Å². The van der Waals surface area contributed by atoms with Crippen molar-refractivity contribution in [2.24, 2.45) is 0 Å². The number of hydrogen-bond donors (Lipinski definition) is 2. The number of ether oxygens (including phenoxy) is 2. The van der Waals surface area contributed by atoms with Crippen LogP contribution in [0.2, 0.25) is 0 Å². The molecular weight excluding hydrogens is 747 g/mol. The average Bonchev–Trinajstić information content (AvgIpc) is 3.50. The van der Waals surface area contributed by atoms with Crippen LogP contribution in [0.5, 0.6) is 23.1 Å². The zero-order valence-electron chi connectivity index (χ0n) is 32.8. The van der Waals surface area contributed by atoms with Crippen molar-refractivity contribution in [3.8, 4) is 23.1 Å². The lowest BCUT2D eigenvalue weighted by Crippen LogP contribution is -2.54. The van der Waals surface area contributed by atoms with Gasteiger partial charge in [0.1, 0.15) is 23.3 Å². The van der Waals surface area contributed by atoms with E-state index in [9.17, 15) is 24.3 Å². The van der Waals surface area contributed by atoms with E-state index in [1.807, 2.05) is 60.8 Å². The molecule has 59 heavy (non-hydrogen) atoms. The van der Waals surface area contributed by atoms with Crippen molar-refractivity contribution in [1.29, 1.82) is 0 Å². The van der Waals surface area contributed by atoms with Crippen LogP contribution in [0.3, 0.4) is 0 Å². The van der Waals surface area contributed by atoms with Crippen molar-refractivity contribution < 1.29 is 33.8 Å². The summed E-state index contributed by atoms with van der Waals surface area (Å²) in [5.41, 5.74) is 7.03. The van der Waals surface area contributed by atoms with E-state index in [0.717, 1.165) is 78.4 Å². The Morgan fingerprint density at radius 1 is 0.780 bits per heavy atom. The average molecular weight is 792 g/mol. The maximum Gasteiger partial charge on any atom is 0.262 e. The zero-order chi connectivity index (χ0) is 40.9. The van der Waals surface area contributed by atoms with Crippen LogP contribution in [0.25, 0.3) is 11.1 Å². The number of amides is 4. The van der Waals surface area contributed by atoms with E-state index in [2.05, 4.69) is 51.3 Å². The van der Waals surface area contributed by atoms with Gasteiger partial charge in [0.05, 0.1) is 29.6 Å². The number of pyridine rings is 1. The van der Waals surface area contributed by atoms with Gasteiger partial charge in [0.25, 0.3) is 11.8 Å². The molecule has 1 atom stereocenters. The van der Waals surface area contributed by atoms with Crippen LogP contribution < -0.4 is 19.7 Å². The molecule has 1 aromatic heterocycles. The number of imide groups is 2. The van der Waals surface area contributed by atoms with Crippen LogP contribution in [0.4, 0.5) is 5.69 Å². The smallest absolute Gasteiger partial charge is 0.262 e. The number of nitrogens with one attached hydrogen (secondary N) is 1. The fraction of sp³-hybridized carbons (Fsp3) is 0.255. The topological polar surface area (TPSA) is 142 Å². The van der Waals surface area contributed by atoms with Gasteiger partial charge in [0.2, 0.25) is 17.7 Å². The van der Waals surface area contributed by atoms with Gasteiger partial charge in [-0.1, -0.05) is 61.5 Å². The minimum absolute atomic E-state index is 0.0743. The minimum Gasteiger partial charge on any atom is -0.508 e. The van der Waals surface area contributed by atoms with Crippen molar-refractivity contribution in [2.75, 3.05) is 44.2 Å². The molecule has 300 valence electrons. The van der Waals surface area contributed by atoms with Gasteiger partial charge in [0.15, 0.2) is 0 Å². The summed E-state index contributed by atoms with van der Waals surface area (Å²) in [4.78, 5) is 60.3. The van der Waals surface area contributed by atoms with Crippen LogP contribution in [0.15, 0.2) is 115 Å². The number of carbonyl (C=O) groups is 4. The molecule has 12 heteroatoms. The van der Waals surface area contributed by atoms with Crippen LogP contribution in [-0.4, -0.2) is 88.9 Å². The van der Waals surface area contributed by atoms with E-state index in [-0.39, 0.29) is 29.7 Å². The highest BCUT2D eigenvalue weighted by atomic mass is 16.5. The summed E-state index contributed by atoms with van der Waals surface area (Å²) in [6.07, 6.45) is 3.66. The number of nitrogens with zero attached hydrogens (tertiary/aromatic N) is 4. The van der Waals surface area contributed by atoms with Gasteiger partial charge in [0, 0.05) is 45.2 Å². The molecule has 4 aromatic carbocycles. The SMILES string of the molecule is CCC(=C(c1ccc(O)cc1)c1ccc(Oc2ccc(N3CCN(CCCOc4ccc5c(c4)C(=O)N(C4CCC(=O)NC4=O)C5=O)CC3)cn2)cc1)c1ccccc1. The molecule has 12 nitrogen and oxygen atoms in total. The lowest BCUT2D eigenvalue weighted by molar-refractivity contribution is -0.136. The molecular formula is C47H45N5O7. The van der Waals surface area contributed by atoms with E-state index in [1.165, 1.54) is 5.57 Å². The van der Waals surface area contributed by atoms with Gasteiger partial charge in [-0.25, -0.2) is 4.98 Å². The Morgan fingerprint density at radius 3 is 2.15 bits per heavy atom. The molecule has 2 saturated heterocycles. The summed E-state index contributed by atoms with van der Waals surface area (Å²) >= 11 is 0. The van der Waals surface area contributed by atoms with Gasteiger partial charge in [-0.2, -0.15) is 0 Å². The maximum absolute atomic E-state index is 13.1. The minimum atomic E-state index is -0.999. The van der Waals surface area contributed by atoms with Crippen LogP contribution in [0, 0.1) is 0 Å². The zero-order valence-corrected chi connectivity index (χ0v) is 32.8. The highest BCUT2D eigenvalue weighted by Gasteiger charge is 2.44.